The number of hydrogen-bond donors (Lipinski definition) is 1. The first kappa shape index (κ1) is 16.2. The summed E-state index contributed by atoms with van der Waals surface area (Å²) in [6.07, 6.45) is 2.57. The van der Waals surface area contributed by atoms with Gasteiger partial charge in [-0.1, -0.05) is 18.0 Å². The van der Waals surface area contributed by atoms with Gasteiger partial charge in [0, 0.05) is 18.6 Å². The van der Waals surface area contributed by atoms with E-state index in [-0.39, 0.29) is 27.6 Å². The Bertz CT molecular complexity index is 667. The van der Waals surface area contributed by atoms with Gasteiger partial charge in [0.2, 0.25) is 10.0 Å². The van der Waals surface area contributed by atoms with Crippen LogP contribution in [0, 0.1) is 11.3 Å². The van der Waals surface area contributed by atoms with Crippen molar-refractivity contribution in [3.8, 4) is 6.07 Å². The van der Waals surface area contributed by atoms with Crippen molar-refractivity contribution >= 4 is 21.6 Å². The highest BCUT2D eigenvalue weighted by molar-refractivity contribution is 7.89. The van der Waals surface area contributed by atoms with Crippen molar-refractivity contribution in [3.63, 3.8) is 0 Å². The molecule has 2 N–H and O–H groups in total. The van der Waals surface area contributed by atoms with Crippen LogP contribution in [-0.2, 0) is 10.0 Å². The molecule has 1 heterocycles. The number of nitriles is 1. The van der Waals surface area contributed by atoms with Crippen LogP contribution in [0.3, 0.4) is 0 Å². The van der Waals surface area contributed by atoms with Crippen molar-refractivity contribution in [3.05, 3.63) is 28.8 Å². The summed E-state index contributed by atoms with van der Waals surface area (Å²) >= 11 is 5.94. The molecule has 0 radical (unpaired) electrons. The van der Waals surface area contributed by atoms with Gasteiger partial charge in [0.05, 0.1) is 15.5 Å². The minimum atomic E-state index is -3.64. The fourth-order valence-corrected chi connectivity index (χ4v) is 4.73. The van der Waals surface area contributed by atoms with E-state index in [9.17, 15) is 8.42 Å². The van der Waals surface area contributed by atoms with E-state index in [0.717, 1.165) is 19.3 Å². The number of hydrogen-bond acceptors (Lipinski definition) is 4. The second-order valence-electron chi connectivity index (χ2n) is 5.29. The van der Waals surface area contributed by atoms with Crippen LogP contribution in [0.15, 0.2) is 23.1 Å². The van der Waals surface area contributed by atoms with E-state index in [2.05, 4.69) is 0 Å². The number of sulfonamides is 1. The molecule has 1 aromatic carbocycles. The predicted octanol–water partition coefficient (Wildman–Crippen LogP) is 2.10. The number of benzene rings is 1. The molecule has 0 amide bonds. The quantitative estimate of drug-likeness (QED) is 0.921. The third-order valence-electron chi connectivity index (χ3n) is 3.77. The molecule has 7 heteroatoms. The molecular formula is C14H18ClN3O2S. The minimum Gasteiger partial charge on any atom is -0.326 e. The molecule has 0 spiro atoms. The molecule has 0 aliphatic carbocycles. The van der Waals surface area contributed by atoms with Crippen molar-refractivity contribution in [2.45, 2.75) is 43.2 Å². The zero-order valence-electron chi connectivity index (χ0n) is 11.8. The Hall–Kier alpha value is -1.13. The van der Waals surface area contributed by atoms with Crippen molar-refractivity contribution < 1.29 is 8.42 Å². The van der Waals surface area contributed by atoms with Gasteiger partial charge in [0.15, 0.2) is 0 Å². The summed E-state index contributed by atoms with van der Waals surface area (Å²) in [4.78, 5) is 0.110. The topological polar surface area (TPSA) is 87.2 Å². The van der Waals surface area contributed by atoms with Crippen LogP contribution >= 0.6 is 11.6 Å². The van der Waals surface area contributed by atoms with Crippen LogP contribution in [0.2, 0.25) is 5.02 Å². The Morgan fingerprint density at radius 3 is 2.76 bits per heavy atom. The predicted molar refractivity (Wildman–Crippen MR) is 81.3 cm³/mol. The largest absolute Gasteiger partial charge is 0.326 e. The molecule has 2 atom stereocenters. The molecule has 1 aliphatic heterocycles. The Kier molecular flexibility index (Phi) is 4.89. The molecule has 21 heavy (non-hydrogen) atoms. The van der Waals surface area contributed by atoms with E-state index in [1.165, 1.54) is 22.5 Å². The van der Waals surface area contributed by atoms with Crippen molar-refractivity contribution in [2.24, 2.45) is 5.73 Å². The average molecular weight is 328 g/mol. The lowest BCUT2D eigenvalue weighted by atomic mass is 10.00. The highest BCUT2D eigenvalue weighted by Gasteiger charge is 2.35. The average Bonchev–Trinajstić information content (AvgIpc) is 2.47. The molecule has 1 aromatic rings. The number of halogens is 1. The summed E-state index contributed by atoms with van der Waals surface area (Å²) in [7, 11) is -3.64. The van der Waals surface area contributed by atoms with E-state index < -0.39 is 10.0 Å². The SMILES string of the molecule is CC(N)C1CCCCN1S(=O)(=O)c1ccc(C#N)c(Cl)c1. The Balaban J connectivity index is 2.41. The lowest BCUT2D eigenvalue weighted by molar-refractivity contribution is 0.227. The highest BCUT2D eigenvalue weighted by Crippen LogP contribution is 2.28. The van der Waals surface area contributed by atoms with Gasteiger partial charge in [-0.05, 0) is 38.0 Å². The highest BCUT2D eigenvalue weighted by atomic mass is 35.5. The third kappa shape index (κ3) is 3.22. The number of rotatable bonds is 3. The maximum atomic E-state index is 12.8. The summed E-state index contributed by atoms with van der Waals surface area (Å²) in [5.41, 5.74) is 6.19. The summed E-state index contributed by atoms with van der Waals surface area (Å²) in [6.45, 7) is 2.29. The van der Waals surface area contributed by atoms with E-state index in [1.807, 2.05) is 13.0 Å². The number of nitrogens with two attached hydrogens (primary N) is 1. The van der Waals surface area contributed by atoms with Gasteiger partial charge in [-0.15, -0.1) is 0 Å². The third-order valence-corrected chi connectivity index (χ3v) is 6.01. The smallest absolute Gasteiger partial charge is 0.243 e. The van der Waals surface area contributed by atoms with Crippen molar-refractivity contribution in [2.75, 3.05) is 6.54 Å². The van der Waals surface area contributed by atoms with Crippen LogP contribution in [0.5, 0.6) is 0 Å². The van der Waals surface area contributed by atoms with Crippen LogP contribution in [0.25, 0.3) is 0 Å². The summed E-state index contributed by atoms with van der Waals surface area (Å²) in [6, 6.07) is 5.69. The molecule has 1 saturated heterocycles. The first-order chi connectivity index (χ1) is 9.87. The fraction of sp³-hybridized carbons (Fsp3) is 0.500. The lowest BCUT2D eigenvalue weighted by Crippen LogP contribution is -2.51. The molecule has 1 aliphatic rings. The first-order valence-corrected chi connectivity index (χ1v) is 8.67. The van der Waals surface area contributed by atoms with Gasteiger partial charge in [0.1, 0.15) is 6.07 Å². The zero-order chi connectivity index (χ0) is 15.6. The van der Waals surface area contributed by atoms with E-state index >= 15 is 0 Å². The van der Waals surface area contributed by atoms with Crippen molar-refractivity contribution in [1.29, 1.82) is 5.26 Å². The molecule has 2 rings (SSSR count). The second kappa shape index (κ2) is 6.32. The molecule has 0 aromatic heterocycles. The fourth-order valence-electron chi connectivity index (χ4n) is 2.64. The summed E-state index contributed by atoms with van der Waals surface area (Å²) in [5, 5.41) is 9.01. The Morgan fingerprint density at radius 2 is 2.19 bits per heavy atom. The zero-order valence-corrected chi connectivity index (χ0v) is 13.4. The van der Waals surface area contributed by atoms with Gasteiger partial charge in [-0.3, -0.25) is 0 Å². The van der Waals surface area contributed by atoms with Gasteiger partial charge >= 0.3 is 0 Å². The first-order valence-electron chi connectivity index (χ1n) is 6.85. The molecule has 1 fully saturated rings. The van der Waals surface area contributed by atoms with Crippen molar-refractivity contribution in [1.82, 2.24) is 4.31 Å². The molecule has 0 bridgehead atoms. The second-order valence-corrected chi connectivity index (χ2v) is 7.59. The summed E-state index contributed by atoms with van der Waals surface area (Å²) in [5.74, 6) is 0. The molecule has 2 unspecified atom stereocenters. The van der Waals surface area contributed by atoms with Crippen LogP contribution in [-0.4, -0.2) is 31.4 Å². The monoisotopic (exact) mass is 327 g/mol. The Morgan fingerprint density at radius 1 is 1.48 bits per heavy atom. The normalized spacial score (nSPS) is 21.7. The molecule has 5 nitrogen and oxygen atoms in total. The Labute approximate surface area is 130 Å². The number of nitrogens with zero attached hydrogens (tertiary/aromatic N) is 2. The lowest BCUT2D eigenvalue weighted by Gasteiger charge is -2.36. The standard InChI is InChI=1S/C14H18ClN3O2S/c1-10(17)14-4-2-3-7-18(14)21(19,20)12-6-5-11(9-16)13(15)8-12/h5-6,8,10,14H,2-4,7,17H2,1H3. The van der Waals surface area contributed by atoms with Crippen LogP contribution in [0.4, 0.5) is 0 Å². The van der Waals surface area contributed by atoms with E-state index in [4.69, 9.17) is 22.6 Å². The minimum absolute atomic E-state index is 0.110. The molecular weight excluding hydrogens is 310 g/mol. The maximum Gasteiger partial charge on any atom is 0.243 e. The van der Waals surface area contributed by atoms with Crippen LogP contribution < -0.4 is 5.73 Å². The van der Waals surface area contributed by atoms with Crippen LogP contribution in [0.1, 0.15) is 31.7 Å². The molecule has 0 saturated carbocycles. The molecule has 114 valence electrons. The van der Waals surface area contributed by atoms with Gasteiger partial charge in [-0.25, -0.2) is 8.42 Å². The van der Waals surface area contributed by atoms with E-state index in [0.29, 0.717) is 6.54 Å². The van der Waals surface area contributed by atoms with Gasteiger partial charge in [0.25, 0.3) is 0 Å². The maximum absolute atomic E-state index is 12.8. The van der Waals surface area contributed by atoms with Gasteiger partial charge in [-0.2, -0.15) is 9.57 Å². The van der Waals surface area contributed by atoms with Gasteiger partial charge < -0.3 is 5.73 Å². The van der Waals surface area contributed by atoms with E-state index in [1.54, 1.807) is 0 Å². The summed E-state index contributed by atoms with van der Waals surface area (Å²) < 4.78 is 27.0. The number of piperidine rings is 1.